The maximum atomic E-state index is 5.94. The SMILES string of the molecule is NCCC[C@@H](N)Cc1ccccc1. The Hall–Kier alpha value is -0.860. The average Bonchev–Trinajstić information content (AvgIpc) is 2.16. The molecule has 0 spiro atoms. The highest BCUT2D eigenvalue weighted by Gasteiger charge is 2.02. The largest absolute Gasteiger partial charge is 0.330 e. The summed E-state index contributed by atoms with van der Waals surface area (Å²) in [5.74, 6) is 0. The van der Waals surface area contributed by atoms with E-state index in [0.717, 1.165) is 25.8 Å². The second-order valence-corrected chi connectivity index (χ2v) is 3.38. The maximum absolute atomic E-state index is 5.94. The molecule has 0 aromatic heterocycles. The first-order chi connectivity index (χ1) is 6.33. The highest BCUT2D eigenvalue weighted by Crippen LogP contribution is 2.04. The first kappa shape index (κ1) is 10.2. The molecule has 1 aromatic carbocycles. The van der Waals surface area contributed by atoms with Gasteiger partial charge in [0.25, 0.3) is 0 Å². The minimum atomic E-state index is 0.256. The van der Waals surface area contributed by atoms with E-state index in [1.807, 2.05) is 18.2 Å². The van der Waals surface area contributed by atoms with Crippen molar-refractivity contribution >= 4 is 0 Å². The predicted octanol–water partition coefficient (Wildman–Crippen LogP) is 1.30. The molecule has 72 valence electrons. The zero-order valence-electron chi connectivity index (χ0n) is 7.95. The van der Waals surface area contributed by atoms with Crippen LogP contribution < -0.4 is 11.5 Å². The molecule has 0 aliphatic rings. The van der Waals surface area contributed by atoms with Crippen molar-refractivity contribution in [2.24, 2.45) is 11.5 Å². The molecule has 4 N–H and O–H groups in total. The second kappa shape index (κ2) is 5.73. The summed E-state index contributed by atoms with van der Waals surface area (Å²) in [6.07, 6.45) is 3.00. The molecule has 2 nitrogen and oxygen atoms in total. The third-order valence-corrected chi connectivity index (χ3v) is 2.12. The molecule has 13 heavy (non-hydrogen) atoms. The van der Waals surface area contributed by atoms with Gasteiger partial charge in [-0.1, -0.05) is 30.3 Å². The molecule has 1 rings (SSSR count). The van der Waals surface area contributed by atoms with E-state index in [0.29, 0.717) is 0 Å². The van der Waals surface area contributed by atoms with Gasteiger partial charge in [-0.3, -0.25) is 0 Å². The molecular formula is C11H18N2. The first-order valence-electron chi connectivity index (χ1n) is 4.82. The summed E-state index contributed by atoms with van der Waals surface area (Å²) in [7, 11) is 0. The molecule has 0 bridgehead atoms. The van der Waals surface area contributed by atoms with Crippen LogP contribution in [0.25, 0.3) is 0 Å². The van der Waals surface area contributed by atoms with Crippen LogP contribution in [0, 0.1) is 0 Å². The van der Waals surface area contributed by atoms with Crippen LogP contribution in [0.3, 0.4) is 0 Å². The summed E-state index contributed by atoms with van der Waals surface area (Å²) in [5, 5.41) is 0. The summed E-state index contributed by atoms with van der Waals surface area (Å²) in [6, 6.07) is 10.6. The Balaban J connectivity index is 2.32. The Morgan fingerprint density at radius 2 is 1.85 bits per heavy atom. The standard InChI is InChI=1S/C11H18N2/c12-8-4-7-11(13)9-10-5-2-1-3-6-10/h1-3,5-6,11H,4,7-9,12-13H2/t11-/m1/s1. The van der Waals surface area contributed by atoms with Crippen molar-refractivity contribution in [2.45, 2.75) is 25.3 Å². The van der Waals surface area contributed by atoms with Crippen LogP contribution in [0.5, 0.6) is 0 Å². The topological polar surface area (TPSA) is 52.0 Å². The Morgan fingerprint density at radius 1 is 1.15 bits per heavy atom. The Kier molecular flexibility index (Phi) is 4.50. The van der Waals surface area contributed by atoms with E-state index in [9.17, 15) is 0 Å². The summed E-state index contributed by atoms with van der Waals surface area (Å²) in [5.41, 5.74) is 12.7. The van der Waals surface area contributed by atoms with Gasteiger partial charge in [0.05, 0.1) is 0 Å². The number of hydrogen-bond donors (Lipinski definition) is 2. The molecular weight excluding hydrogens is 160 g/mol. The van der Waals surface area contributed by atoms with Crippen molar-refractivity contribution in [3.8, 4) is 0 Å². The van der Waals surface area contributed by atoms with Gasteiger partial charge in [0.2, 0.25) is 0 Å². The van der Waals surface area contributed by atoms with Gasteiger partial charge in [-0.15, -0.1) is 0 Å². The molecule has 0 aliphatic heterocycles. The fourth-order valence-electron chi connectivity index (χ4n) is 1.40. The first-order valence-corrected chi connectivity index (χ1v) is 4.82. The fourth-order valence-corrected chi connectivity index (χ4v) is 1.40. The van der Waals surface area contributed by atoms with E-state index in [4.69, 9.17) is 11.5 Å². The minimum absolute atomic E-state index is 0.256. The molecule has 0 saturated heterocycles. The van der Waals surface area contributed by atoms with Crippen LogP contribution in [0.2, 0.25) is 0 Å². The number of rotatable bonds is 5. The normalized spacial score (nSPS) is 12.8. The lowest BCUT2D eigenvalue weighted by atomic mass is 10.0. The second-order valence-electron chi connectivity index (χ2n) is 3.38. The minimum Gasteiger partial charge on any atom is -0.330 e. The van der Waals surface area contributed by atoms with E-state index in [1.54, 1.807) is 0 Å². The molecule has 0 fully saturated rings. The van der Waals surface area contributed by atoms with Crippen molar-refractivity contribution in [3.63, 3.8) is 0 Å². The van der Waals surface area contributed by atoms with Crippen LogP contribution in [0.4, 0.5) is 0 Å². The van der Waals surface area contributed by atoms with Gasteiger partial charge in [0.15, 0.2) is 0 Å². The van der Waals surface area contributed by atoms with Gasteiger partial charge in [-0.2, -0.15) is 0 Å². The predicted molar refractivity (Wildman–Crippen MR) is 56.4 cm³/mol. The van der Waals surface area contributed by atoms with Gasteiger partial charge in [0.1, 0.15) is 0 Å². The Labute approximate surface area is 79.9 Å². The fraction of sp³-hybridized carbons (Fsp3) is 0.455. The molecule has 1 aromatic rings. The Bertz CT molecular complexity index is 221. The molecule has 0 amide bonds. The smallest absolute Gasteiger partial charge is 0.00797 e. The lowest BCUT2D eigenvalue weighted by Gasteiger charge is -2.10. The third kappa shape index (κ3) is 4.06. The van der Waals surface area contributed by atoms with Gasteiger partial charge in [0, 0.05) is 6.04 Å². The third-order valence-electron chi connectivity index (χ3n) is 2.12. The highest BCUT2D eigenvalue weighted by molar-refractivity contribution is 5.15. The average molecular weight is 178 g/mol. The van der Waals surface area contributed by atoms with Crippen molar-refractivity contribution in [3.05, 3.63) is 35.9 Å². The van der Waals surface area contributed by atoms with Crippen LogP contribution in [-0.4, -0.2) is 12.6 Å². The van der Waals surface area contributed by atoms with Crippen molar-refractivity contribution in [1.82, 2.24) is 0 Å². The maximum Gasteiger partial charge on any atom is 0.00797 e. The molecule has 0 aliphatic carbocycles. The van der Waals surface area contributed by atoms with Crippen LogP contribution in [0.15, 0.2) is 30.3 Å². The van der Waals surface area contributed by atoms with Crippen molar-refractivity contribution < 1.29 is 0 Å². The molecule has 0 unspecified atom stereocenters. The van der Waals surface area contributed by atoms with Gasteiger partial charge in [-0.05, 0) is 31.4 Å². The Morgan fingerprint density at radius 3 is 2.46 bits per heavy atom. The summed E-state index contributed by atoms with van der Waals surface area (Å²) >= 11 is 0. The lowest BCUT2D eigenvalue weighted by Crippen LogP contribution is -2.23. The molecule has 1 atom stereocenters. The van der Waals surface area contributed by atoms with E-state index in [-0.39, 0.29) is 6.04 Å². The monoisotopic (exact) mass is 178 g/mol. The quantitative estimate of drug-likeness (QED) is 0.714. The highest BCUT2D eigenvalue weighted by atomic mass is 14.6. The van der Waals surface area contributed by atoms with Crippen LogP contribution in [-0.2, 0) is 6.42 Å². The number of hydrogen-bond acceptors (Lipinski definition) is 2. The summed E-state index contributed by atoms with van der Waals surface area (Å²) in [4.78, 5) is 0. The zero-order valence-corrected chi connectivity index (χ0v) is 7.95. The van der Waals surface area contributed by atoms with Gasteiger partial charge in [-0.25, -0.2) is 0 Å². The van der Waals surface area contributed by atoms with Gasteiger partial charge < -0.3 is 11.5 Å². The molecule has 0 radical (unpaired) electrons. The number of benzene rings is 1. The summed E-state index contributed by atoms with van der Waals surface area (Å²) < 4.78 is 0. The van der Waals surface area contributed by atoms with Gasteiger partial charge >= 0.3 is 0 Å². The van der Waals surface area contributed by atoms with E-state index >= 15 is 0 Å². The van der Waals surface area contributed by atoms with Crippen LogP contribution >= 0.6 is 0 Å². The van der Waals surface area contributed by atoms with Crippen LogP contribution in [0.1, 0.15) is 18.4 Å². The van der Waals surface area contributed by atoms with Crippen molar-refractivity contribution in [1.29, 1.82) is 0 Å². The summed E-state index contributed by atoms with van der Waals surface area (Å²) in [6.45, 7) is 0.739. The van der Waals surface area contributed by atoms with Crippen molar-refractivity contribution in [2.75, 3.05) is 6.54 Å². The molecule has 0 saturated carbocycles. The van der Waals surface area contributed by atoms with E-state index < -0.39 is 0 Å². The number of nitrogens with two attached hydrogens (primary N) is 2. The molecule has 0 heterocycles. The lowest BCUT2D eigenvalue weighted by molar-refractivity contribution is 0.585. The van der Waals surface area contributed by atoms with E-state index in [2.05, 4.69) is 12.1 Å². The van der Waals surface area contributed by atoms with E-state index in [1.165, 1.54) is 5.56 Å². The zero-order chi connectivity index (χ0) is 9.52. The molecule has 2 heteroatoms.